The maximum Gasteiger partial charge on any atom is 0.166 e. The predicted octanol–water partition coefficient (Wildman–Crippen LogP) is 3.87. The van der Waals surface area contributed by atoms with Crippen LogP contribution in [0, 0.1) is 6.92 Å². The standard InChI is InChI=1S/C17H15NO2/c1-12-15-9-14(7-8-16(15)18-17(12)10-19)20-11-13-5-3-2-4-6-13/h2-10,18H,11H2,1H3. The lowest BCUT2D eigenvalue weighted by Crippen LogP contribution is -1.94. The number of aldehydes is 1. The minimum Gasteiger partial charge on any atom is -0.489 e. The fourth-order valence-corrected chi connectivity index (χ4v) is 2.28. The van der Waals surface area contributed by atoms with Crippen molar-refractivity contribution in [3.8, 4) is 5.75 Å². The van der Waals surface area contributed by atoms with Crippen molar-refractivity contribution in [2.75, 3.05) is 0 Å². The van der Waals surface area contributed by atoms with Gasteiger partial charge in [0.25, 0.3) is 0 Å². The second-order valence-electron chi connectivity index (χ2n) is 4.76. The van der Waals surface area contributed by atoms with Crippen LogP contribution in [0.25, 0.3) is 10.9 Å². The van der Waals surface area contributed by atoms with Gasteiger partial charge in [-0.1, -0.05) is 30.3 Å². The molecular formula is C17H15NO2. The molecule has 3 aromatic rings. The Balaban J connectivity index is 1.85. The number of nitrogens with one attached hydrogen (secondary N) is 1. The number of carbonyl (C=O) groups excluding carboxylic acids is 1. The van der Waals surface area contributed by atoms with E-state index < -0.39 is 0 Å². The van der Waals surface area contributed by atoms with Gasteiger partial charge >= 0.3 is 0 Å². The van der Waals surface area contributed by atoms with Crippen LogP contribution < -0.4 is 4.74 Å². The Morgan fingerprint density at radius 2 is 1.95 bits per heavy atom. The molecule has 0 saturated carbocycles. The third-order valence-corrected chi connectivity index (χ3v) is 3.43. The summed E-state index contributed by atoms with van der Waals surface area (Å²) in [7, 11) is 0. The summed E-state index contributed by atoms with van der Waals surface area (Å²) in [5, 5.41) is 1.03. The number of carbonyl (C=O) groups is 1. The van der Waals surface area contributed by atoms with Gasteiger partial charge in [-0.25, -0.2) is 0 Å². The summed E-state index contributed by atoms with van der Waals surface area (Å²) in [4.78, 5) is 14.0. The minimum atomic E-state index is 0.538. The molecule has 0 atom stereocenters. The fraction of sp³-hybridized carbons (Fsp3) is 0.118. The molecule has 0 unspecified atom stereocenters. The minimum absolute atomic E-state index is 0.538. The molecule has 0 amide bonds. The first-order valence-electron chi connectivity index (χ1n) is 6.52. The quantitative estimate of drug-likeness (QED) is 0.728. The van der Waals surface area contributed by atoms with Crippen molar-refractivity contribution in [1.29, 1.82) is 0 Å². The van der Waals surface area contributed by atoms with Gasteiger partial charge in [0.1, 0.15) is 12.4 Å². The van der Waals surface area contributed by atoms with E-state index in [4.69, 9.17) is 4.74 Å². The van der Waals surface area contributed by atoms with E-state index in [0.29, 0.717) is 12.3 Å². The SMILES string of the molecule is Cc1c(C=O)[nH]c2ccc(OCc3ccccc3)cc12. The Morgan fingerprint density at radius 1 is 1.15 bits per heavy atom. The lowest BCUT2D eigenvalue weighted by molar-refractivity contribution is 0.111. The fourth-order valence-electron chi connectivity index (χ4n) is 2.28. The topological polar surface area (TPSA) is 42.1 Å². The van der Waals surface area contributed by atoms with Crippen LogP contribution in [0.1, 0.15) is 21.6 Å². The zero-order chi connectivity index (χ0) is 13.9. The van der Waals surface area contributed by atoms with Gasteiger partial charge in [-0.05, 0) is 36.2 Å². The van der Waals surface area contributed by atoms with Gasteiger partial charge in [-0.2, -0.15) is 0 Å². The van der Waals surface area contributed by atoms with Crippen LogP contribution in [-0.2, 0) is 6.61 Å². The summed E-state index contributed by atoms with van der Waals surface area (Å²) in [6.45, 7) is 2.47. The molecular weight excluding hydrogens is 250 g/mol. The average Bonchev–Trinajstić information content (AvgIpc) is 2.82. The number of rotatable bonds is 4. The molecule has 1 aromatic heterocycles. The molecule has 0 radical (unpaired) electrons. The Hall–Kier alpha value is -2.55. The van der Waals surface area contributed by atoms with Crippen LogP contribution in [-0.4, -0.2) is 11.3 Å². The van der Waals surface area contributed by atoms with Crippen LogP contribution in [0.3, 0.4) is 0 Å². The summed E-state index contributed by atoms with van der Waals surface area (Å²) in [6, 6.07) is 15.9. The van der Waals surface area contributed by atoms with Crippen molar-refractivity contribution in [1.82, 2.24) is 4.98 Å². The van der Waals surface area contributed by atoms with Crippen LogP contribution >= 0.6 is 0 Å². The number of H-pyrrole nitrogens is 1. The Morgan fingerprint density at radius 3 is 2.70 bits per heavy atom. The van der Waals surface area contributed by atoms with Crippen molar-refractivity contribution >= 4 is 17.2 Å². The predicted molar refractivity (Wildman–Crippen MR) is 79.2 cm³/mol. The average molecular weight is 265 g/mol. The number of hydrogen-bond donors (Lipinski definition) is 1. The van der Waals surface area contributed by atoms with Crippen molar-refractivity contribution in [2.24, 2.45) is 0 Å². The highest BCUT2D eigenvalue weighted by Crippen LogP contribution is 2.25. The van der Waals surface area contributed by atoms with Gasteiger partial charge in [0.15, 0.2) is 6.29 Å². The zero-order valence-corrected chi connectivity index (χ0v) is 11.2. The summed E-state index contributed by atoms with van der Waals surface area (Å²) in [6.07, 6.45) is 0.847. The Labute approximate surface area is 117 Å². The summed E-state index contributed by atoms with van der Waals surface area (Å²) >= 11 is 0. The van der Waals surface area contributed by atoms with Crippen molar-refractivity contribution in [3.05, 3.63) is 65.4 Å². The number of aryl methyl sites for hydroxylation is 1. The first-order chi connectivity index (χ1) is 9.78. The normalized spacial score (nSPS) is 10.7. The maximum absolute atomic E-state index is 10.9. The molecule has 0 aliphatic carbocycles. The van der Waals surface area contributed by atoms with Gasteiger partial charge in [-0.3, -0.25) is 4.79 Å². The Bertz CT molecular complexity index is 744. The number of benzene rings is 2. The third kappa shape index (κ3) is 2.30. The molecule has 3 heteroatoms. The summed E-state index contributed by atoms with van der Waals surface area (Å²) in [5.41, 5.74) is 3.67. The lowest BCUT2D eigenvalue weighted by Gasteiger charge is -2.06. The van der Waals surface area contributed by atoms with Gasteiger partial charge in [0.2, 0.25) is 0 Å². The molecule has 1 N–H and O–H groups in total. The van der Waals surface area contributed by atoms with E-state index in [1.807, 2.05) is 55.5 Å². The first kappa shape index (κ1) is 12.5. The van der Waals surface area contributed by atoms with Gasteiger partial charge in [-0.15, -0.1) is 0 Å². The van der Waals surface area contributed by atoms with E-state index in [2.05, 4.69) is 4.98 Å². The van der Waals surface area contributed by atoms with E-state index in [9.17, 15) is 4.79 Å². The number of ether oxygens (including phenoxy) is 1. The molecule has 0 spiro atoms. The number of aromatic nitrogens is 1. The number of aromatic amines is 1. The van der Waals surface area contributed by atoms with Crippen LogP contribution in [0.4, 0.5) is 0 Å². The van der Waals surface area contributed by atoms with Crippen molar-refractivity contribution < 1.29 is 9.53 Å². The van der Waals surface area contributed by atoms with E-state index in [1.54, 1.807) is 0 Å². The third-order valence-electron chi connectivity index (χ3n) is 3.43. The molecule has 2 aromatic carbocycles. The summed E-state index contributed by atoms with van der Waals surface area (Å²) in [5.74, 6) is 0.806. The van der Waals surface area contributed by atoms with Gasteiger partial charge in [0, 0.05) is 10.9 Å². The molecule has 0 aliphatic rings. The van der Waals surface area contributed by atoms with Crippen LogP contribution in [0.15, 0.2) is 48.5 Å². The van der Waals surface area contributed by atoms with Gasteiger partial charge < -0.3 is 9.72 Å². The van der Waals surface area contributed by atoms with Crippen molar-refractivity contribution in [2.45, 2.75) is 13.5 Å². The largest absolute Gasteiger partial charge is 0.489 e. The monoisotopic (exact) mass is 265 g/mol. The summed E-state index contributed by atoms with van der Waals surface area (Å²) < 4.78 is 5.80. The second kappa shape index (κ2) is 5.21. The second-order valence-corrected chi connectivity index (χ2v) is 4.76. The lowest BCUT2D eigenvalue weighted by atomic mass is 10.1. The molecule has 3 rings (SSSR count). The van der Waals surface area contributed by atoms with E-state index >= 15 is 0 Å². The molecule has 20 heavy (non-hydrogen) atoms. The highest BCUT2D eigenvalue weighted by Gasteiger charge is 2.07. The molecule has 3 nitrogen and oxygen atoms in total. The molecule has 0 saturated heterocycles. The molecule has 0 bridgehead atoms. The molecule has 1 heterocycles. The smallest absolute Gasteiger partial charge is 0.166 e. The highest BCUT2D eigenvalue weighted by atomic mass is 16.5. The van der Waals surface area contributed by atoms with Crippen LogP contribution in [0.2, 0.25) is 0 Å². The van der Waals surface area contributed by atoms with Crippen molar-refractivity contribution in [3.63, 3.8) is 0 Å². The molecule has 0 aliphatic heterocycles. The molecule has 0 fully saturated rings. The number of hydrogen-bond acceptors (Lipinski definition) is 2. The Kier molecular flexibility index (Phi) is 3.25. The number of fused-ring (bicyclic) bond motifs is 1. The first-order valence-corrected chi connectivity index (χ1v) is 6.52. The van der Waals surface area contributed by atoms with E-state index in [1.165, 1.54) is 0 Å². The highest BCUT2D eigenvalue weighted by molar-refractivity contribution is 5.92. The molecule has 100 valence electrons. The van der Waals surface area contributed by atoms with E-state index in [-0.39, 0.29) is 0 Å². The van der Waals surface area contributed by atoms with Gasteiger partial charge in [0.05, 0.1) is 5.69 Å². The van der Waals surface area contributed by atoms with E-state index in [0.717, 1.165) is 34.1 Å². The maximum atomic E-state index is 10.9. The van der Waals surface area contributed by atoms with Crippen LogP contribution in [0.5, 0.6) is 5.75 Å². The zero-order valence-electron chi connectivity index (χ0n) is 11.2.